The van der Waals surface area contributed by atoms with Gasteiger partial charge in [-0.3, -0.25) is 9.59 Å². The highest BCUT2D eigenvalue weighted by molar-refractivity contribution is 6.04. The minimum absolute atomic E-state index is 0. The van der Waals surface area contributed by atoms with Crippen molar-refractivity contribution in [2.75, 3.05) is 25.1 Å². The number of hydrogen-bond acceptors (Lipinski definition) is 4. The molecule has 1 saturated heterocycles. The number of carbonyl (C=O) groups is 2. The Hall–Kier alpha value is -2.48. The summed E-state index contributed by atoms with van der Waals surface area (Å²) in [7, 11) is 0. The van der Waals surface area contributed by atoms with Gasteiger partial charge in [0.05, 0.1) is 13.2 Å². The molecule has 0 radical (unpaired) electrons. The lowest BCUT2D eigenvalue weighted by molar-refractivity contribution is -0.126. The van der Waals surface area contributed by atoms with Gasteiger partial charge >= 0.3 is 0 Å². The predicted octanol–water partition coefficient (Wildman–Crippen LogP) is 2.10. The molecule has 2 aromatic rings. The maximum Gasteiger partial charge on any atom is 0.255 e. The average molecular weight is 394 g/mol. The number of morpholine rings is 1. The fourth-order valence-corrected chi connectivity index (χ4v) is 2.61. The van der Waals surface area contributed by atoms with Gasteiger partial charge in [0.15, 0.2) is 0 Å². The Morgan fingerprint density at radius 2 is 1.96 bits per heavy atom. The molecule has 2 aromatic carbocycles. The number of anilines is 1. The lowest BCUT2D eigenvalue weighted by atomic mass is 10.1. The van der Waals surface area contributed by atoms with Crippen LogP contribution in [0.5, 0.6) is 0 Å². The predicted molar refractivity (Wildman–Crippen MR) is 102 cm³/mol. The maximum absolute atomic E-state index is 12.9. The first-order chi connectivity index (χ1) is 12.6. The van der Waals surface area contributed by atoms with E-state index in [4.69, 9.17) is 4.74 Å². The van der Waals surface area contributed by atoms with Crippen LogP contribution in [-0.2, 0) is 16.1 Å². The number of ether oxygens (including phenoxy) is 1. The number of benzene rings is 2. The number of nitrogens with one attached hydrogen (secondary N) is 3. The molecule has 2 amide bonds. The summed E-state index contributed by atoms with van der Waals surface area (Å²) in [6.07, 6.45) is 0. The number of rotatable bonds is 5. The van der Waals surface area contributed by atoms with Crippen molar-refractivity contribution in [3.63, 3.8) is 0 Å². The topological polar surface area (TPSA) is 79.5 Å². The van der Waals surface area contributed by atoms with Crippen molar-refractivity contribution in [3.05, 3.63) is 65.5 Å². The summed E-state index contributed by atoms with van der Waals surface area (Å²) in [5, 5.41) is 8.71. The van der Waals surface area contributed by atoms with Crippen LogP contribution in [0.1, 0.15) is 15.9 Å². The van der Waals surface area contributed by atoms with Gasteiger partial charge in [-0.15, -0.1) is 12.4 Å². The lowest BCUT2D eigenvalue weighted by Crippen LogP contribution is -2.51. The molecule has 0 aliphatic carbocycles. The maximum atomic E-state index is 12.9. The average Bonchev–Trinajstić information content (AvgIpc) is 2.67. The smallest absolute Gasteiger partial charge is 0.255 e. The molecule has 0 spiro atoms. The second kappa shape index (κ2) is 10.0. The van der Waals surface area contributed by atoms with Crippen molar-refractivity contribution < 1.29 is 18.7 Å². The fraction of sp³-hybridized carbons (Fsp3) is 0.263. The van der Waals surface area contributed by atoms with Crippen molar-refractivity contribution in [2.24, 2.45) is 0 Å². The van der Waals surface area contributed by atoms with Crippen molar-refractivity contribution in [3.8, 4) is 0 Å². The van der Waals surface area contributed by atoms with Gasteiger partial charge in [-0.25, -0.2) is 4.39 Å². The van der Waals surface area contributed by atoms with E-state index in [9.17, 15) is 14.0 Å². The Balaban J connectivity index is 0.00000261. The van der Waals surface area contributed by atoms with E-state index in [1.54, 1.807) is 18.2 Å². The van der Waals surface area contributed by atoms with E-state index >= 15 is 0 Å². The Bertz CT molecular complexity index is 780. The summed E-state index contributed by atoms with van der Waals surface area (Å²) in [6.45, 7) is 1.97. The molecule has 1 heterocycles. The van der Waals surface area contributed by atoms with Crippen LogP contribution in [0.2, 0.25) is 0 Å². The molecule has 1 aliphatic heterocycles. The van der Waals surface area contributed by atoms with E-state index in [0.29, 0.717) is 37.6 Å². The molecule has 1 atom stereocenters. The first-order valence-electron chi connectivity index (χ1n) is 8.36. The van der Waals surface area contributed by atoms with Crippen molar-refractivity contribution in [1.82, 2.24) is 10.6 Å². The third-order valence-corrected chi connectivity index (χ3v) is 4.00. The van der Waals surface area contributed by atoms with Crippen LogP contribution in [0.4, 0.5) is 10.1 Å². The highest BCUT2D eigenvalue weighted by Crippen LogP contribution is 2.13. The monoisotopic (exact) mass is 393 g/mol. The summed E-state index contributed by atoms with van der Waals surface area (Å²) in [6, 6.07) is 12.2. The molecule has 0 aromatic heterocycles. The van der Waals surface area contributed by atoms with Gasteiger partial charge in [-0.1, -0.05) is 12.1 Å². The fourth-order valence-electron chi connectivity index (χ4n) is 2.61. The normalized spacial score (nSPS) is 16.1. The van der Waals surface area contributed by atoms with Gasteiger partial charge in [0, 0.05) is 24.3 Å². The second-order valence-electron chi connectivity index (χ2n) is 5.96. The molecule has 1 aliphatic rings. The van der Waals surface area contributed by atoms with Crippen LogP contribution in [0.25, 0.3) is 0 Å². The van der Waals surface area contributed by atoms with Crippen LogP contribution in [0.3, 0.4) is 0 Å². The zero-order valence-electron chi connectivity index (χ0n) is 14.5. The van der Waals surface area contributed by atoms with Gasteiger partial charge in [0.1, 0.15) is 11.9 Å². The first kappa shape index (κ1) is 20.8. The SMILES string of the molecule is Cl.O=C(Nc1cccc(CNC(=O)C2COCCN2)c1)c1ccc(F)cc1. The van der Waals surface area contributed by atoms with E-state index in [2.05, 4.69) is 16.0 Å². The zero-order valence-corrected chi connectivity index (χ0v) is 15.4. The third-order valence-electron chi connectivity index (χ3n) is 4.00. The third kappa shape index (κ3) is 6.02. The standard InChI is InChI=1S/C19H20FN3O3.ClH/c20-15-6-4-14(5-7-15)18(24)23-16-3-1-2-13(10-16)11-22-19(25)17-12-26-9-8-21-17;/h1-7,10,17,21H,8-9,11-12H2,(H,22,25)(H,23,24);1H. The summed E-state index contributed by atoms with van der Waals surface area (Å²) >= 11 is 0. The van der Waals surface area contributed by atoms with E-state index in [1.165, 1.54) is 24.3 Å². The highest BCUT2D eigenvalue weighted by atomic mass is 35.5. The molecule has 144 valence electrons. The number of amides is 2. The molecule has 8 heteroatoms. The highest BCUT2D eigenvalue weighted by Gasteiger charge is 2.20. The molecule has 3 rings (SSSR count). The zero-order chi connectivity index (χ0) is 18.4. The number of carbonyl (C=O) groups excluding carboxylic acids is 2. The Labute approximate surface area is 162 Å². The summed E-state index contributed by atoms with van der Waals surface area (Å²) in [5.74, 6) is -0.836. The molecule has 3 N–H and O–H groups in total. The van der Waals surface area contributed by atoms with Gasteiger partial charge in [0.2, 0.25) is 5.91 Å². The first-order valence-corrected chi connectivity index (χ1v) is 8.36. The number of hydrogen-bond donors (Lipinski definition) is 3. The molecule has 1 unspecified atom stereocenters. The molecule has 0 bridgehead atoms. The molecule has 0 saturated carbocycles. The molecule has 6 nitrogen and oxygen atoms in total. The molecular weight excluding hydrogens is 373 g/mol. The minimum Gasteiger partial charge on any atom is -0.378 e. The van der Waals surface area contributed by atoms with Gasteiger partial charge in [-0.2, -0.15) is 0 Å². The Kier molecular flexibility index (Phi) is 7.72. The minimum atomic E-state index is -0.392. The van der Waals surface area contributed by atoms with Crippen molar-refractivity contribution in [1.29, 1.82) is 0 Å². The molecule has 1 fully saturated rings. The number of halogens is 2. The van der Waals surface area contributed by atoms with Crippen molar-refractivity contribution >= 4 is 29.9 Å². The summed E-state index contributed by atoms with van der Waals surface area (Å²) in [4.78, 5) is 24.3. The molecular formula is C19H21ClFN3O3. The van der Waals surface area contributed by atoms with Gasteiger partial charge < -0.3 is 20.7 Å². The van der Waals surface area contributed by atoms with Crippen LogP contribution < -0.4 is 16.0 Å². The quantitative estimate of drug-likeness (QED) is 0.727. The molecule has 27 heavy (non-hydrogen) atoms. The van der Waals surface area contributed by atoms with Gasteiger partial charge in [-0.05, 0) is 42.0 Å². The van der Waals surface area contributed by atoms with Crippen LogP contribution in [0.15, 0.2) is 48.5 Å². The summed E-state index contributed by atoms with van der Waals surface area (Å²) in [5.41, 5.74) is 1.82. The second-order valence-corrected chi connectivity index (χ2v) is 5.96. The Morgan fingerprint density at radius 1 is 1.19 bits per heavy atom. The van der Waals surface area contributed by atoms with E-state index in [0.717, 1.165) is 5.56 Å². The van der Waals surface area contributed by atoms with E-state index in [-0.39, 0.29) is 30.3 Å². The van der Waals surface area contributed by atoms with Gasteiger partial charge in [0.25, 0.3) is 5.91 Å². The van der Waals surface area contributed by atoms with E-state index < -0.39 is 5.82 Å². The summed E-state index contributed by atoms with van der Waals surface area (Å²) < 4.78 is 18.2. The van der Waals surface area contributed by atoms with Crippen LogP contribution >= 0.6 is 12.4 Å². The Morgan fingerprint density at radius 3 is 2.67 bits per heavy atom. The largest absolute Gasteiger partial charge is 0.378 e. The van der Waals surface area contributed by atoms with E-state index in [1.807, 2.05) is 6.07 Å². The van der Waals surface area contributed by atoms with Crippen LogP contribution in [-0.4, -0.2) is 37.6 Å². The van der Waals surface area contributed by atoms with Crippen molar-refractivity contribution in [2.45, 2.75) is 12.6 Å². The lowest BCUT2D eigenvalue weighted by Gasteiger charge is -2.22. The van der Waals surface area contributed by atoms with Crippen LogP contribution in [0, 0.1) is 5.82 Å².